The summed E-state index contributed by atoms with van der Waals surface area (Å²) in [6, 6.07) is 0. The summed E-state index contributed by atoms with van der Waals surface area (Å²) in [5.74, 6) is 0. The van der Waals surface area contributed by atoms with Crippen molar-refractivity contribution in [3.63, 3.8) is 0 Å². The summed E-state index contributed by atoms with van der Waals surface area (Å²) in [6.07, 6.45) is 5.25. The van der Waals surface area contributed by atoms with Crippen LogP contribution in [0.5, 0.6) is 0 Å². The van der Waals surface area contributed by atoms with Crippen LogP contribution in [0.4, 0.5) is 0 Å². The van der Waals surface area contributed by atoms with E-state index in [1.165, 1.54) is 6.42 Å². The minimum Gasteiger partial charge on any atom is -1.00 e. The van der Waals surface area contributed by atoms with Crippen LogP contribution in [-0.4, -0.2) is 23.1 Å². The second kappa shape index (κ2) is 15.7. The summed E-state index contributed by atoms with van der Waals surface area (Å²) < 4.78 is 0. The average molecular weight is 234 g/mol. The Bertz CT molecular complexity index is 37.5. The fourth-order valence-corrected chi connectivity index (χ4v) is 0.289. The molecule has 44 valence electrons. The van der Waals surface area contributed by atoms with Gasteiger partial charge in [0.25, 0.3) is 0 Å². The average Bonchev–Trinajstić information content (AvgIpc) is 1.61. The largest absolute Gasteiger partial charge is 2.00 e. The van der Waals surface area contributed by atoms with Gasteiger partial charge in [-0.05, 0) is 6.42 Å². The molecule has 0 nitrogen and oxygen atoms in total. The molecule has 0 fully saturated rings. The molecule has 0 rings (SSSR count). The normalized spacial score (nSPS) is 6.12. The fraction of sp³-hybridized carbons (Fsp3) is 0.500. The first kappa shape index (κ1) is 16.1. The van der Waals surface area contributed by atoms with E-state index in [4.69, 9.17) is 0 Å². The van der Waals surface area contributed by atoms with Crippen molar-refractivity contribution in [2.45, 2.75) is 19.3 Å². The fourth-order valence-electron chi connectivity index (χ4n) is 0.289. The van der Waals surface area contributed by atoms with Gasteiger partial charge < -0.3 is 30.9 Å². The van der Waals surface area contributed by atoms with Crippen molar-refractivity contribution in [1.82, 2.24) is 0 Å². The SMILES string of the molecule is C=CCCC[CH2-].[I-].[Mg+2]. The van der Waals surface area contributed by atoms with Crippen LogP contribution >= 0.6 is 0 Å². The molecule has 0 aromatic heterocycles. The summed E-state index contributed by atoms with van der Waals surface area (Å²) in [7, 11) is 0. The van der Waals surface area contributed by atoms with Gasteiger partial charge in [0.15, 0.2) is 0 Å². The third-order valence-corrected chi connectivity index (χ3v) is 0.658. The van der Waals surface area contributed by atoms with Gasteiger partial charge in [0.2, 0.25) is 0 Å². The van der Waals surface area contributed by atoms with Gasteiger partial charge in [0.1, 0.15) is 0 Å². The number of rotatable bonds is 3. The molecule has 0 aromatic carbocycles. The zero-order chi connectivity index (χ0) is 4.83. The first-order chi connectivity index (χ1) is 2.91. The number of halogens is 1. The number of hydrogen-bond acceptors (Lipinski definition) is 0. The molecule has 0 heterocycles. The molecule has 0 saturated heterocycles. The van der Waals surface area contributed by atoms with Crippen molar-refractivity contribution in [2.75, 3.05) is 0 Å². The smallest absolute Gasteiger partial charge is 1.00 e. The third kappa shape index (κ3) is 15.7. The molecule has 0 aliphatic carbocycles. The molecular formula is C6H11IMg. The Labute approximate surface area is 85.3 Å². The molecule has 0 atom stereocenters. The Balaban J connectivity index is -0.000000125. The molecule has 0 aliphatic rings. The summed E-state index contributed by atoms with van der Waals surface area (Å²) in [5.41, 5.74) is 0. The van der Waals surface area contributed by atoms with E-state index >= 15 is 0 Å². The molecule has 0 bridgehead atoms. The molecule has 0 spiro atoms. The Morgan fingerprint density at radius 3 is 2.12 bits per heavy atom. The summed E-state index contributed by atoms with van der Waals surface area (Å²) in [5, 5.41) is 0. The molecule has 8 heavy (non-hydrogen) atoms. The van der Waals surface area contributed by atoms with Crippen molar-refractivity contribution in [3.8, 4) is 0 Å². The molecule has 0 aromatic rings. The molecular weight excluding hydrogens is 223 g/mol. The van der Waals surface area contributed by atoms with Gasteiger partial charge in [-0.3, -0.25) is 0 Å². The Hall–Kier alpha value is 1.24. The van der Waals surface area contributed by atoms with Gasteiger partial charge in [-0.2, -0.15) is 6.42 Å². The van der Waals surface area contributed by atoms with E-state index in [0.717, 1.165) is 12.8 Å². The monoisotopic (exact) mass is 234 g/mol. The summed E-state index contributed by atoms with van der Waals surface area (Å²) >= 11 is 0. The van der Waals surface area contributed by atoms with Crippen molar-refractivity contribution in [3.05, 3.63) is 19.6 Å². The van der Waals surface area contributed by atoms with Gasteiger partial charge in [-0.25, -0.2) is 0 Å². The zero-order valence-electron chi connectivity index (χ0n) is 5.20. The topological polar surface area (TPSA) is 0 Å². The second-order valence-electron chi connectivity index (χ2n) is 1.28. The first-order valence-electron chi connectivity index (χ1n) is 2.32. The van der Waals surface area contributed by atoms with Gasteiger partial charge in [-0.15, -0.1) is 6.58 Å². The van der Waals surface area contributed by atoms with E-state index in [1.54, 1.807) is 0 Å². The Morgan fingerprint density at radius 2 is 2.00 bits per heavy atom. The van der Waals surface area contributed by atoms with Crippen LogP contribution < -0.4 is 24.0 Å². The third-order valence-electron chi connectivity index (χ3n) is 0.658. The summed E-state index contributed by atoms with van der Waals surface area (Å²) in [6.45, 7) is 7.25. The van der Waals surface area contributed by atoms with E-state index < -0.39 is 0 Å². The van der Waals surface area contributed by atoms with Crippen LogP contribution in [0.15, 0.2) is 12.7 Å². The summed E-state index contributed by atoms with van der Waals surface area (Å²) in [4.78, 5) is 0. The standard InChI is InChI=1S/C6H11.HI.Mg/c1-3-5-6-4-2;;/h3H,1-2,4-6H2;1H;/q-1;;+2/p-1. The quantitative estimate of drug-likeness (QED) is 0.189. The van der Waals surface area contributed by atoms with Crippen molar-refractivity contribution in [1.29, 1.82) is 0 Å². The minimum absolute atomic E-state index is 0. The van der Waals surface area contributed by atoms with Crippen LogP contribution in [0.25, 0.3) is 0 Å². The number of hydrogen-bond donors (Lipinski definition) is 0. The molecule has 0 saturated carbocycles. The molecule has 0 amide bonds. The number of unbranched alkanes of at least 4 members (excludes halogenated alkanes) is 2. The van der Waals surface area contributed by atoms with Crippen molar-refractivity contribution in [2.24, 2.45) is 0 Å². The van der Waals surface area contributed by atoms with Gasteiger partial charge >= 0.3 is 23.1 Å². The van der Waals surface area contributed by atoms with Crippen molar-refractivity contribution < 1.29 is 24.0 Å². The first-order valence-corrected chi connectivity index (χ1v) is 2.32. The molecule has 0 radical (unpaired) electrons. The molecule has 0 N–H and O–H groups in total. The number of allylic oxidation sites excluding steroid dienone is 1. The maximum atomic E-state index is 3.68. The predicted octanol–water partition coefficient (Wildman–Crippen LogP) is -1.20. The van der Waals surface area contributed by atoms with Gasteiger partial charge in [0.05, 0.1) is 0 Å². The van der Waals surface area contributed by atoms with Gasteiger partial charge in [0, 0.05) is 0 Å². The minimum atomic E-state index is 0. The van der Waals surface area contributed by atoms with Crippen LogP contribution in [-0.2, 0) is 0 Å². The maximum absolute atomic E-state index is 3.68. The van der Waals surface area contributed by atoms with E-state index in [9.17, 15) is 0 Å². The van der Waals surface area contributed by atoms with Crippen LogP contribution in [0.1, 0.15) is 19.3 Å². The van der Waals surface area contributed by atoms with E-state index in [2.05, 4.69) is 13.5 Å². The Morgan fingerprint density at radius 1 is 1.50 bits per heavy atom. The van der Waals surface area contributed by atoms with E-state index in [-0.39, 0.29) is 47.0 Å². The molecule has 2 heteroatoms. The van der Waals surface area contributed by atoms with E-state index in [1.807, 2.05) is 6.08 Å². The molecule has 0 aliphatic heterocycles. The van der Waals surface area contributed by atoms with Crippen LogP contribution in [0.2, 0.25) is 0 Å². The van der Waals surface area contributed by atoms with Gasteiger partial charge in [-0.1, -0.05) is 12.5 Å². The van der Waals surface area contributed by atoms with Crippen LogP contribution in [0.3, 0.4) is 0 Å². The van der Waals surface area contributed by atoms with Crippen LogP contribution in [0, 0.1) is 6.92 Å². The maximum Gasteiger partial charge on any atom is 2.00 e. The zero-order valence-corrected chi connectivity index (χ0v) is 8.77. The van der Waals surface area contributed by atoms with Crippen molar-refractivity contribution >= 4 is 23.1 Å². The Kier molecular flexibility index (Phi) is 31.7. The second-order valence-corrected chi connectivity index (χ2v) is 1.28. The van der Waals surface area contributed by atoms with E-state index in [0.29, 0.717) is 0 Å². The molecule has 0 unspecified atom stereocenters. The predicted molar refractivity (Wildman–Crippen MR) is 35.2 cm³/mol.